The van der Waals surface area contributed by atoms with Crippen molar-refractivity contribution in [3.63, 3.8) is 0 Å². The lowest BCUT2D eigenvalue weighted by atomic mass is 10.3. The summed E-state index contributed by atoms with van der Waals surface area (Å²) in [4.78, 5) is 9.00. The number of hydrogen-bond donors (Lipinski definition) is 1. The predicted molar refractivity (Wildman–Crippen MR) is 89.3 cm³/mol. The van der Waals surface area contributed by atoms with Crippen LogP contribution in [0.3, 0.4) is 0 Å². The summed E-state index contributed by atoms with van der Waals surface area (Å²) in [7, 11) is 2.12. The molecule has 2 heterocycles. The number of nitrogens with one attached hydrogen (secondary N) is 1. The quantitative estimate of drug-likeness (QED) is 0.928. The van der Waals surface area contributed by atoms with Gasteiger partial charge >= 0.3 is 0 Å². The summed E-state index contributed by atoms with van der Waals surface area (Å²) in [6.07, 6.45) is 1.68. The number of likely N-dealkylation sites (N-methyl/N-ethyl adjacent to an activating group) is 1. The van der Waals surface area contributed by atoms with Crippen LogP contribution in [-0.2, 0) is 0 Å². The molecule has 2 aromatic rings. The second kappa shape index (κ2) is 6.64. The molecule has 0 radical (unpaired) electrons. The Hall–Kier alpha value is -1.63. The maximum atomic E-state index is 6.15. The summed E-state index contributed by atoms with van der Waals surface area (Å²) in [5.74, 6) is 1.23. The van der Waals surface area contributed by atoms with Gasteiger partial charge in [0.25, 0.3) is 0 Å². The summed E-state index contributed by atoms with van der Waals surface area (Å²) in [5.41, 5.74) is 0.698. The number of aromatic nitrogens is 3. The lowest BCUT2D eigenvalue weighted by molar-refractivity contribution is 0.312. The molecule has 6 nitrogen and oxygen atoms in total. The van der Waals surface area contributed by atoms with Crippen LogP contribution in [0.25, 0.3) is 0 Å². The van der Waals surface area contributed by atoms with Gasteiger partial charge in [-0.1, -0.05) is 23.2 Å². The number of anilines is 3. The van der Waals surface area contributed by atoms with E-state index in [-0.39, 0.29) is 0 Å². The fourth-order valence-corrected chi connectivity index (χ4v) is 2.70. The van der Waals surface area contributed by atoms with E-state index < -0.39 is 0 Å². The third kappa shape index (κ3) is 3.58. The van der Waals surface area contributed by atoms with E-state index in [0.717, 1.165) is 32.0 Å². The Kier molecular flexibility index (Phi) is 4.61. The molecule has 1 fully saturated rings. The zero-order chi connectivity index (χ0) is 15.5. The van der Waals surface area contributed by atoms with Crippen LogP contribution in [0.5, 0.6) is 0 Å². The zero-order valence-corrected chi connectivity index (χ0v) is 13.6. The molecule has 8 heteroatoms. The van der Waals surface area contributed by atoms with E-state index in [1.807, 2.05) is 0 Å². The van der Waals surface area contributed by atoms with Crippen molar-refractivity contribution in [1.29, 1.82) is 0 Å². The molecular formula is C14H16Cl2N6. The zero-order valence-electron chi connectivity index (χ0n) is 12.1. The van der Waals surface area contributed by atoms with Crippen LogP contribution in [-0.4, -0.2) is 53.3 Å². The van der Waals surface area contributed by atoms with E-state index in [0.29, 0.717) is 21.7 Å². The van der Waals surface area contributed by atoms with Gasteiger partial charge in [0, 0.05) is 31.2 Å². The van der Waals surface area contributed by atoms with Gasteiger partial charge in [0.2, 0.25) is 5.95 Å². The molecule has 1 N–H and O–H groups in total. The minimum absolute atomic E-state index is 0.417. The van der Waals surface area contributed by atoms with Crippen LogP contribution < -0.4 is 10.2 Å². The Morgan fingerprint density at radius 2 is 1.91 bits per heavy atom. The summed E-state index contributed by atoms with van der Waals surface area (Å²) in [6.45, 7) is 3.87. The number of piperazine rings is 1. The highest BCUT2D eigenvalue weighted by Gasteiger charge is 2.16. The Labute approximate surface area is 139 Å². The number of hydrogen-bond acceptors (Lipinski definition) is 6. The minimum Gasteiger partial charge on any atom is -0.353 e. The standard InChI is InChI=1S/C14H16Cl2N6/c1-21-4-6-22(7-5-21)13-9-17-20-14(19-13)18-12-3-2-10(15)8-11(12)16/h2-3,8-9H,4-7H2,1H3,(H,18,19,20). The van der Waals surface area contributed by atoms with Gasteiger partial charge < -0.3 is 15.1 Å². The summed E-state index contributed by atoms with van der Waals surface area (Å²) in [5, 5.41) is 12.2. The number of rotatable bonds is 3. The van der Waals surface area contributed by atoms with Gasteiger partial charge in [-0.15, -0.1) is 5.10 Å². The van der Waals surface area contributed by atoms with Gasteiger partial charge in [-0.2, -0.15) is 10.1 Å². The highest BCUT2D eigenvalue weighted by atomic mass is 35.5. The van der Waals surface area contributed by atoms with E-state index in [1.54, 1.807) is 24.4 Å². The molecule has 1 aromatic carbocycles. The van der Waals surface area contributed by atoms with Crippen molar-refractivity contribution in [3.05, 3.63) is 34.4 Å². The molecule has 1 saturated heterocycles. The van der Waals surface area contributed by atoms with Crippen LogP contribution in [0.4, 0.5) is 17.5 Å². The second-order valence-corrected chi connectivity index (χ2v) is 6.02. The van der Waals surface area contributed by atoms with Crippen LogP contribution in [0.15, 0.2) is 24.4 Å². The largest absolute Gasteiger partial charge is 0.353 e. The van der Waals surface area contributed by atoms with Gasteiger partial charge in [-0.05, 0) is 25.2 Å². The SMILES string of the molecule is CN1CCN(c2cnnc(Nc3ccc(Cl)cc3Cl)n2)CC1. The lowest BCUT2D eigenvalue weighted by Crippen LogP contribution is -2.44. The van der Waals surface area contributed by atoms with Gasteiger partial charge in [-0.3, -0.25) is 0 Å². The van der Waals surface area contributed by atoms with Crippen molar-refractivity contribution in [1.82, 2.24) is 20.1 Å². The smallest absolute Gasteiger partial charge is 0.249 e. The number of benzene rings is 1. The summed E-state index contributed by atoms with van der Waals surface area (Å²) >= 11 is 12.0. The van der Waals surface area contributed by atoms with Crippen molar-refractivity contribution < 1.29 is 0 Å². The molecule has 1 aromatic heterocycles. The van der Waals surface area contributed by atoms with Crippen LogP contribution >= 0.6 is 23.2 Å². The highest BCUT2D eigenvalue weighted by molar-refractivity contribution is 6.36. The molecule has 22 heavy (non-hydrogen) atoms. The maximum absolute atomic E-state index is 6.15. The van der Waals surface area contributed by atoms with Gasteiger partial charge in [0.15, 0.2) is 5.82 Å². The summed E-state index contributed by atoms with van der Waals surface area (Å²) in [6, 6.07) is 5.22. The molecular weight excluding hydrogens is 323 g/mol. The Bertz CT molecular complexity index is 658. The first-order chi connectivity index (χ1) is 10.6. The van der Waals surface area contributed by atoms with Crippen molar-refractivity contribution >= 4 is 40.7 Å². The third-order valence-corrected chi connectivity index (χ3v) is 4.10. The molecule has 0 bridgehead atoms. The normalized spacial score (nSPS) is 15.9. The fraction of sp³-hybridized carbons (Fsp3) is 0.357. The van der Waals surface area contributed by atoms with Crippen molar-refractivity contribution in [3.8, 4) is 0 Å². The first-order valence-electron chi connectivity index (χ1n) is 6.97. The van der Waals surface area contributed by atoms with Crippen molar-refractivity contribution in [2.24, 2.45) is 0 Å². The van der Waals surface area contributed by atoms with E-state index in [2.05, 4.69) is 37.3 Å². The molecule has 0 saturated carbocycles. The minimum atomic E-state index is 0.417. The monoisotopic (exact) mass is 338 g/mol. The average Bonchev–Trinajstić information content (AvgIpc) is 2.51. The molecule has 1 aliphatic heterocycles. The van der Waals surface area contributed by atoms with E-state index >= 15 is 0 Å². The number of nitrogens with zero attached hydrogens (tertiary/aromatic N) is 5. The molecule has 116 valence electrons. The number of halogens is 2. The molecule has 0 atom stereocenters. The second-order valence-electron chi connectivity index (χ2n) is 5.18. The van der Waals surface area contributed by atoms with Gasteiger partial charge in [0.05, 0.1) is 16.9 Å². The van der Waals surface area contributed by atoms with Crippen molar-refractivity contribution in [2.75, 3.05) is 43.4 Å². The highest BCUT2D eigenvalue weighted by Crippen LogP contribution is 2.27. The van der Waals surface area contributed by atoms with Gasteiger partial charge in [0.1, 0.15) is 0 Å². The summed E-state index contributed by atoms with van der Waals surface area (Å²) < 4.78 is 0. The first-order valence-corrected chi connectivity index (χ1v) is 7.73. The molecule has 0 amide bonds. The Morgan fingerprint density at radius 1 is 1.14 bits per heavy atom. The van der Waals surface area contributed by atoms with Crippen LogP contribution in [0.2, 0.25) is 10.0 Å². The lowest BCUT2D eigenvalue weighted by Gasteiger charge is -2.32. The van der Waals surface area contributed by atoms with Crippen LogP contribution in [0.1, 0.15) is 0 Å². The topological polar surface area (TPSA) is 57.2 Å². The molecule has 0 spiro atoms. The fourth-order valence-electron chi connectivity index (χ4n) is 2.25. The van der Waals surface area contributed by atoms with Crippen molar-refractivity contribution in [2.45, 2.75) is 0 Å². The maximum Gasteiger partial charge on any atom is 0.249 e. The Balaban J connectivity index is 1.76. The molecule has 3 rings (SSSR count). The first kappa shape index (κ1) is 15.3. The van der Waals surface area contributed by atoms with E-state index in [9.17, 15) is 0 Å². The average molecular weight is 339 g/mol. The predicted octanol–water partition coefficient (Wildman–Crippen LogP) is 2.67. The van der Waals surface area contributed by atoms with E-state index in [4.69, 9.17) is 23.2 Å². The van der Waals surface area contributed by atoms with Crippen LogP contribution in [0, 0.1) is 0 Å². The van der Waals surface area contributed by atoms with E-state index in [1.165, 1.54) is 0 Å². The Morgan fingerprint density at radius 3 is 2.64 bits per heavy atom. The molecule has 1 aliphatic rings. The molecule has 0 aliphatic carbocycles. The third-order valence-electron chi connectivity index (χ3n) is 3.55. The van der Waals surface area contributed by atoms with Gasteiger partial charge in [-0.25, -0.2) is 0 Å². The molecule has 0 unspecified atom stereocenters.